The van der Waals surface area contributed by atoms with Crippen LogP contribution in [0.4, 0.5) is 11.4 Å². The summed E-state index contributed by atoms with van der Waals surface area (Å²) in [7, 11) is 0. The van der Waals surface area contributed by atoms with E-state index in [0.29, 0.717) is 6.61 Å². The molecule has 0 amide bonds. The molecule has 0 radical (unpaired) electrons. The van der Waals surface area contributed by atoms with Crippen molar-refractivity contribution < 1.29 is 4.74 Å². The van der Waals surface area contributed by atoms with E-state index in [2.05, 4.69) is 30.0 Å². The van der Waals surface area contributed by atoms with Gasteiger partial charge in [-0.3, -0.25) is 0 Å². The van der Waals surface area contributed by atoms with Crippen LogP contribution < -0.4 is 15.4 Å². The van der Waals surface area contributed by atoms with Crippen molar-refractivity contribution in [3.05, 3.63) is 53.6 Å². The van der Waals surface area contributed by atoms with Gasteiger partial charge in [0.05, 0.1) is 6.54 Å². The van der Waals surface area contributed by atoms with Crippen LogP contribution in [0.25, 0.3) is 0 Å². The smallest absolute Gasteiger partial charge is 0.124 e. The fourth-order valence-corrected chi connectivity index (χ4v) is 2.52. The van der Waals surface area contributed by atoms with Gasteiger partial charge in [-0.2, -0.15) is 0 Å². The highest BCUT2D eigenvalue weighted by molar-refractivity contribution is 5.59. The zero-order valence-electron chi connectivity index (χ0n) is 11.1. The summed E-state index contributed by atoms with van der Waals surface area (Å²) in [5, 5.41) is 0. The van der Waals surface area contributed by atoms with Crippen molar-refractivity contribution in [3.8, 4) is 5.75 Å². The molecule has 0 saturated carbocycles. The minimum atomic E-state index is 0.699. The van der Waals surface area contributed by atoms with E-state index in [1.54, 1.807) is 0 Å². The van der Waals surface area contributed by atoms with Gasteiger partial charge in [0, 0.05) is 23.5 Å². The Morgan fingerprint density at radius 2 is 2.00 bits per heavy atom. The van der Waals surface area contributed by atoms with Gasteiger partial charge in [-0.05, 0) is 36.8 Å². The molecule has 0 saturated heterocycles. The first-order chi connectivity index (χ1) is 9.22. The number of para-hydroxylation sites is 1. The van der Waals surface area contributed by atoms with E-state index >= 15 is 0 Å². The normalized spacial score (nSPS) is 14.5. The first kappa shape index (κ1) is 11.9. The van der Waals surface area contributed by atoms with Crippen LogP contribution in [-0.4, -0.2) is 13.2 Å². The number of rotatable bonds is 1. The number of hydrogen-bond acceptors (Lipinski definition) is 3. The Morgan fingerprint density at radius 3 is 2.84 bits per heavy atom. The first-order valence-electron chi connectivity index (χ1n) is 6.55. The second-order valence-corrected chi connectivity index (χ2v) is 4.98. The Kier molecular flexibility index (Phi) is 3.03. The van der Waals surface area contributed by atoms with E-state index < -0.39 is 0 Å². The zero-order valence-corrected chi connectivity index (χ0v) is 11.1. The molecule has 0 fully saturated rings. The molecule has 1 aliphatic rings. The average molecular weight is 254 g/mol. The van der Waals surface area contributed by atoms with E-state index in [1.165, 1.54) is 11.1 Å². The SMILES string of the molecule is Cc1cc(N)cc(N2CCOc3ccccc3C2)c1. The van der Waals surface area contributed by atoms with Crippen molar-refractivity contribution >= 4 is 11.4 Å². The summed E-state index contributed by atoms with van der Waals surface area (Å²) in [4.78, 5) is 2.31. The molecule has 0 unspecified atom stereocenters. The number of fused-ring (bicyclic) bond motifs is 1. The van der Waals surface area contributed by atoms with Crippen LogP contribution in [0.1, 0.15) is 11.1 Å². The van der Waals surface area contributed by atoms with E-state index in [1.807, 2.05) is 24.3 Å². The number of benzene rings is 2. The topological polar surface area (TPSA) is 38.5 Å². The summed E-state index contributed by atoms with van der Waals surface area (Å²) in [6.45, 7) is 4.50. The Balaban J connectivity index is 1.94. The highest BCUT2D eigenvalue weighted by Crippen LogP contribution is 2.27. The molecule has 0 atom stereocenters. The number of ether oxygens (including phenoxy) is 1. The minimum Gasteiger partial charge on any atom is -0.491 e. The molecular formula is C16H18N2O. The van der Waals surface area contributed by atoms with Crippen LogP contribution in [0.5, 0.6) is 5.75 Å². The lowest BCUT2D eigenvalue weighted by Gasteiger charge is -2.23. The molecule has 0 aromatic heterocycles. The molecule has 3 heteroatoms. The maximum atomic E-state index is 5.94. The van der Waals surface area contributed by atoms with Gasteiger partial charge in [0.1, 0.15) is 12.4 Å². The van der Waals surface area contributed by atoms with Crippen molar-refractivity contribution in [3.63, 3.8) is 0 Å². The summed E-state index contributed by atoms with van der Waals surface area (Å²) in [5.74, 6) is 0.991. The van der Waals surface area contributed by atoms with Gasteiger partial charge < -0.3 is 15.4 Å². The number of aryl methyl sites for hydroxylation is 1. The third kappa shape index (κ3) is 2.50. The van der Waals surface area contributed by atoms with E-state index in [9.17, 15) is 0 Å². The maximum absolute atomic E-state index is 5.94. The van der Waals surface area contributed by atoms with Crippen molar-refractivity contribution in [2.75, 3.05) is 23.8 Å². The first-order valence-corrected chi connectivity index (χ1v) is 6.55. The second-order valence-electron chi connectivity index (χ2n) is 4.98. The van der Waals surface area contributed by atoms with Gasteiger partial charge in [-0.15, -0.1) is 0 Å². The highest BCUT2D eigenvalue weighted by Gasteiger charge is 2.15. The molecule has 2 aromatic rings. The monoisotopic (exact) mass is 254 g/mol. The third-order valence-corrected chi connectivity index (χ3v) is 3.40. The van der Waals surface area contributed by atoms with Crippen LogP contribution in [0.3, 0.4) is 0 Å². The second kappa shape index (κ2) is 4.84. The van der Waals surface area contributed by atoms with Gasteiger partial charge in [0.2, 0.25) is 0 Å². The van der Waals surface area contributed by atoms with Crippen molar-refractivity contribution in [2.45, 2.75) is 13.5 Å². The summed E-state index contributed by atoms with van der Waals surface area (Å²) in [6, 6.07) is 14.4. The molecule has 0 aliphatic carbocycles. The van der Waals surface area contributed by atoms with E-state index in [0.717, 1.165) is 30.2 Å². The molecule has 2 aromatic carbocycles. The van der Waals surface area contributed by atoms with Crippen LogP contribution in [0.2, 0.25) is 0 Å². The molecule has 1 aliphatic heterocycles. The average Bonchev–Trinajstić information content (AvgIpc) is 2.59. The Bertz CT molecular complexity index is 575. The highest BCUT2D eigenvalue weighted by atomic mass is 16.5. The van der Waals surface area contributed by atoms with Gasteiger partial charge in [0.15, 0.2) is 0 Å². The molecule has 3 rings (SSSR count). The predicted octanol–water partition coefficient (Wildman–Crippen LogP) is 2.98. The van der Waals surface area contributed by atoms with E-state index in [4.69, 9.17) is 10.5 Å². The van der Waals surface area contributed by atoms with Gasteiger partial charge in [-0.1, -0.05) is 18.2 Å². The number of anilines is 2. The van der Waals surface area contributed by atoms with Crippen LogP contribution in [-0.2, 0) is 6.54 Å². The van der Waals surface area contributed by atoms with Gasteiger partial charge in [-0.25, -0.2) is 0 Å². The quantitative estimate of drug-likeness (QED) is 0.795. The maximum Gasteiger partial charge on any atom is 0.124 e. The minimum absolute atomic E-state index is 0.699. The van der Waals surface area contributed by atoms with Crippen LogP contribution >= 0.6 is 0 Å². The summed E-state index contributed by atoms with van der Waals surface area (Å²) >= 11 is 0. The molecule has 0 bridgehead atoms. The number of nitrogen functional groups attached to an aromatic ring is 1. The lowest BCUT2D eigenvalue weighted by Crippen LogP contribution is -2.25. The molecule has 0 spiro atoms. The third-order valence-electron chi connectivity index (χ3n) is 3.40. The molecule has 3 nitrogen and oxygen atoms in total. The fourth-order valence-electron chi connectivity index (χ4n) is 2.52. The fraction of sp³-hybridized carbons (Fsp3) is 0.250. The summed E-state index contributed by atoms with van der Waals surface area (Å²) in [6.07, 6.45) is 0. The van der Waals surface area contributed by atoms with Gasteiger partial charge in [0.25, 0.3) is 0 Å². The van der Waals surface area contributed by atoms with Crippen LogP contribution in [0, 0.1) is 6.92 Å². The number of hydrogen-bond donors (Lipinski definition) is 1. The zero-order chi connectivity index (χ0) is 13.2. The Labute approximate surface area is 113 Å². The largest absolute Gasteiger partial charge is 0.491 e. The van der Waals surface area contributed by atoms with Crippen molar-refractivity contribution in [1.82, 2.24) is 0 Å². The van der Waals surface area contributed by atoms with Crippen molar-refractivity contribution in [1.29, 1.82) is 0 Å². The van der Waals surface area contributed by atoms with Crippen molar-refractivity contribution in [2.24, 2.45) is 0 Å². The Hall–Kier alpha value is -2.16. The van der Waals surface area contributed by atoms with Gasteiger partial charge >= 0.3 is 0 Å². The molecule has 19 heavy (non-hydrogen) atoms. The lowest BCUT2D eigenvalue weighted by molar-refractivity contribution is 0.331. The molecular weight excluding hydrogens is 236 g/mol. The number of nitrogens with two attached hydrogens (primary N) is 1. The Morgan fingerprint density at radius 1 is 1.16 bits per heavy atom. The van der Waals surface area contributed by atoms with E-state index in [-0.39, 0.29) is 0 Å². The lowest BCUT2D eigenvalue weighted by atomic mass is 10.1. The molecule has 1 heterocycles. The number of nitrogens with zero attached hydrogens (tertiary/aromatic N) is 1. The standard InChI is InChI=1S/C16H18N2O/c1-12-8-14(17)10-15(9-12)18-6-7-19-16-5-3-2-4-13(16)11-18/h2-5,8-10H,6-7,11,17H2,1H3. The summed E-state index contributed by atoms with van der Waals surface area (Å²) in [5.41, 5.74) is 10.3. The molecule has 2 N–H and O–H groups in total. The van der Waals surface area contributed by atoms with Crippen LogP contribution in [0.15, 0.2) is 42.5 Å². The predicted molar refractivity (Wildman–Crippen MR) is 78.6 cm³/mol. The summed E-state index contributed by atoms with van der Waals surface area (Å²) < 4.78 is 5.79. The molecule has 98 valence electrons.